The average molecular weight is 602 g/mol. The van der Waals surface area contributed by atoms with Crippen molar-refractivity contribution in [3.63, 3.8) is 0 Å². The van der Waals surface area contributed by atoms with Crippen molar-refractivity contribution in [2.24, 2.45) is 0 Å². The first-order valence-corrected chi connectivity index (χ1v) is 15.4. The second-order valence-corrected chi connectivity index (χ2v) is 13.8. The Morgan fingerprint density at radius 2 is 1.88 bits per heavy atom. The number of aromatic nitrogens is 2. The van der Waals surface area contributed by atoms with E-state index < -0.39 is 37.9 Å². The molecule has 0 radical (unpaired) electrons. The molecular formula is C29H37F2N7O3S. The van der Waals surface area contributed by atoms with Crippen molar-refractivity contribution in [2.75, 3.05) is 42.7 Å². The number of H-pyrrole nitrogens is 1. The van der Waals surface area contributed by atoms with Crippen molar-refractivity contribution >= 4 is 33.1 Å². The summed E-state index contributed by atoms with van der Waals surface area (Å²) in [6.45, 7) is 6.62. The van der Waals surface area contributed by atoms with E-state index in [1.165, 1.54) is 0 Å². The van der Waals surface area contributed by atoms with Gasteiger partial charge in [0.1, 0.15) is 11.6 Å². The van der Waals surface area contributed by atoms with Crippen LogP contribution in [0.5, 0.6) is 0 Å². The maximum atomic E-state index is 13.9. The van der Waals surface area contributed by atoms with Crippen LogP contribution in [-0.4, -0.2) is 68.1 Å². The molecule has 2 aliphatic rings. The lowest BCUT2D eigenvalue weighted by molar-refractivity contribution is 0.102. The third kappa shape index (κ3) is 5.86. The zero-order valence-corrected chi connectivity index (χ0v) is 25.2. The van der Waals surface area contributed by atoms with Crippen LogP contribution in [0.2, 0.25) is 0 Å². The number of anilines is 3. The molecule has 0 saturated carbocycles. The van der Waals surface area contributed by atoms with Gasteiger partial charge >= 0.3 is 0 Å². The normalized spacial score (nSPS) is 19.3. The summed E-state index contributed by atoms with van der Waals surface area (Å²) in [6.07, 6.45) is 2.14. The summed E-state index contributed by atoms with van der Waals surface area (Å²) in [4.78, 5) is 15.2. The van der Waals surface area contributed by atoms with Gasteiger partial charge in [-0.2, -0.15) is 9.40 Å². The summed E-state index contributed by atoms with van der Waals surface area (Å²) in [7, 11) is -0.405. The fraction of sp³-hybridized carbons (Fsp3) is 0.448. The zero-order chi connectivity index (χ0) is 30.4. The molecule has 42 heavy (non-hydrogen) atoms. The number of hydrogen-bond acceptors (Lipinski definition) is 7. The molecule has 2 aromatic carbocycles. The van der Waals surface area contributed by atoms with Crippen LogP contribution in [0.1, 0.15) is 55.2 Å². The van der Waals surface area contributed by atoms with Crippen LogP contribution >= 0.6 is 0 Å². The number of aromatic amines is 1. The van der Waals surface area contributed by atoms with Crippen molar-refractivity contribution in [1.29, 1.82) is 0 Å². The lowest BCUT2D eigenvalue weighted by atomic mass is 9.84. The first kappa shape index (κ1) is 29.9. The molecule has 2 unspecified atom stereocenters. The number of fused-ring (bicyclic) bond motifs is 1. The third-order valence-corrected chi connectivity index (χ3v) is 9.77. The summed E-state index contributed by atoms with van der Waals surface area (Å²) in [5.74, 6) is -2.18. The lowest BCUT2D eigenvalue weighted by Gasteiger charge is -2.36. The SMILES string of the molecule is CC(Nc1cc(N(C)C)ccc1C(=O)Nc1n[nH]c2c1CN(S(=O)(=O)c1cc(F)cc(F)c1)CC2(C)C)C1CCCN1. The standard InChI is InChI=1S/C29H37F2N7O3S/c1-17(24-7-6-10-32-24)33-25-14-20(37(4)5)8-9-22(25)28(39)34-27-23-15-38(16-29(2,3)26(23)35-36-27)42(40,41)21-12-18(30)11-19(31)13-21/h8-9,11-14,17,24,32-33H,6-7,10,15-16H2,1-5H3,(H2,34,35,36,39). The number of sulfonamides is 1. The number of carbonyl (C=O) groups is 1. The number of amides is 1. The van der Waals surface area contributed by atoms with Gasteiger partial charge in [0.05, 0.1) is 10.5 Å². The highest BCUT2D eigenvalue weighted by Gasteiger charge is 2.41. The van der Waals surface area contributed by atoms with Gasteiger partial charge in [-0.1, -0.05) is 13.8 Å². The summed E-state index contributed by atoms with van der Waals surface area (Å²) in [6, 6.07) is 8.11. The quantitative estimate of drug-likeness (QED) is 0.308. The van der Waals surface area contributed by atoms with Crippen molar-refractivity contribution in [3.8, 4) is 0 Å². The molecule has 1 fully saturated rings. The largest absolute Gasteiger partial charge is 0.380 e. The minimum Gasteiger partial charge on any atom is -0.380 e. The number of carbonyl (C=O) groups excluding carboxylic acids is 1. The number of nitrogens with zero attached hydrogens (tertiary/aromatic N) is 3. The Kier molecular flexibility index (Phi) is 8.03. The maximum absolute atomic E-state index is 13.9. The van der Waals surface area contributed by atoms with E-state index in [-0.39, 0.29) is 31.0 Å². The van der Waals surface area contributed by atoms with Gasteiger partial charge in [-0.3, -0.25) is 9.89 Å². The van der Waals surface area contributed by atoms with E-state index in [9.17, 15) is 22.0 Å². The predicted molar refractivity (Wildman–Crippen MR) is 158 cm³/mol. The van der Waals surface area contributed by atoms with Crippen molar-refractivity contribution in [2.45, 2.75) is 62.6 Å². The molecule has 0 bridgehead atoms. The van der Waals surface area contributed by atoms with Gasteiger partial charge in [0, 0.05) is 73.4 Å². The van der Waals surface area contributed by atoms with Crippen molar-refractivity contribution < 1.29 is 22.0 Å². The van der Waals surface area contributed by atoms with Crippen molar-refractivity contribution in [3.05, 3.63) is 64.9 Å². The minimum absolute atomic E-state index is 0.0448. The van der Waals surface area contributed by atoms with Gasteiger partial charge < -0.3 is 20.9 Å². The Balaban J connectivity index is 1.44. The average Bonchev–Trinajstić information content (AvgIpc) is 3.59. The molecule has 0 spiro atoms. The molecule has 5 rings (SSSR count). The summed E-state index contributed by atoms with van der Waals surface area (Å²) in [5.41, 5.74) is 2.44. The Morgan fingerprint density at radius 1 is 1.17 bits per heavy atom. The van der Waals surface area contributed by atoms with Crippen LogP contribution in [0.15, 0.2) is 41.3 Å². The maximum Gasteiger partial charge on any atom is 0.258 e. The van der Waals surface area contributed by atoms with Crippen LogP contribution in [-0.2, 0) is 22.0 Å². The molecule has 4 N–H and O–H groups in total. The molecule has 2 aliphatic heterocycles. The molecule has 226 valence electrons. The Hall–Kier alpha value is -3.55. The Labute approximate surface area is 244 Å². The number of benzene rings is 2. The Bertz CT molecular complexity index is 1580. The van der Waals surface area contributed by atoms with Crippen molar-refractivity contribution in [1.82, 2.24) is 19.8 Å². The fourth-order valence-corrected chi connectivity index (χ4v) is 7.33. The minimum atomic E-state index is -4.26. The van der Waals surface area contributed by atoms with Gasteiger partial charge in [0.2, 0.25) is 10.0 Å². The molecule has 13 heteroatoms. The van der Waals surface area contributed by atoms with Gasteiger partial charge in [-0.05, 0) is 56.6 Å². The summed E-state index contributed by atoms with van der Waals surface area (Å²) in [5, 5.41) is 17.2. The molecule has 10 nitrogen and oxygen atoms in total. The van der Waals surface area contributed by atoms with Gasteiger partial charge in [-0.25, -0.2) is 17.2 Å². The third-order valence-electron chi connectivity index (χ3n) is 8.01. The van der Waals surface area contributed by atoms with E-state index in [0.29, 0.717) is 28.6 Å². The second-order valence-electron chi connectivity index (χ2n) is 11.9. The molecule has 3 heterocycles. The first-order chi connectivity index (χ1) is 19.8. The highest BCUT2D eigenvalue weighted by molar-refractivity contribution is 7.89. The predicted octanol–water partition coefficient (Wildman–Crippen LogP) is 4.04. The van der Waals surface area contributed by atoms with Crippen LogP contribution in [0.4, 0.5) is 26.0 Å². The highest BCUT2D eigenvalue weighted by Crippen LogP contribution is 2.38. The zero-order valence-electron chi connectivity index (χ0n) is 24.4. The molecule has 1 amide bonds. The number of halogens is 2. The van der Waals surface area contributed by atoms with Crippen LogP contribution < -0.4 is 20.9 Å². The monoisotopic (exact) mass is 601 g/mol. The van der Waals surface area contributed by atoms with E-state index in [1.54, 1.807) is 6.07 Å². The molecule has 3 aromatic rings. The Morgan fingerprint density at radius 3 is 2.52 bits per heavy atom. The van der Waals surface area contributed by atoms with Gasteiger partial charge in [0.25, 0.3) is 5.91 Å². The number of rotatable bonds is 8. The topological polar surface area (TPSA) is 122 Å². The second kappa shape index (κ2) is 11.3. The fourth-order valence-electron chi connectivity index (χ4n) is 5.72. The van der Waals surface area contributed by atoms with E-state index >= 15 is 0 Å². The van der Waals surface area contributed by atoms with E-state index in [2.05, 4.69) is 33.1 Å². The van der Waals surface area contributed by atoms with Crippen LogP contribution in [0.3, 0.4) is 0 Å². The van der Waals surface area contributed by atoms with Gasteiger partial charge in [-0.15, -0.1) is 0 Å². The van der Waals surface area contributed by atoms with Crippen LogP contribution in [0, 0.1) is 11.6 Å². The first-order valence-electron chi connectivity index (χ1n) is 13.9. The molecule has 2 atom stereocenters. The van der Waals surface area contributed by atoms with E-state index in [0.717, 1.165) is 41.5 Å². The summed E-state index contributed by atoms with van der Waals surface area (Å²) >= 11 is 0. The molecular weight excluding hydrogens is 564 g/mol. The smallest absolute Gasteiger partial charge is 0.258 e. The summed E-state index contributed by atoms with van der Waals surface area (Å²) < 4.78 is 55.9. The van der Waals surface area contributed by atoms with E-state index in [1.807, 2.05) is 45.0 Å². The molecule has 1 aromatic heterocycles. The molecule has 1 saturated heterocycles. The highest BCUT2D eigenvalue weighted by atomic mass is 32.2. The number of hydrogen-bond donors (Lipinski definition) is 4. The van der Waals surface area contributed by atoms with E-state index in [4.69, 9.17) is 0 Å². The number of nitrogens with one attached hydrogen (secondary N) is 4. The molecule has 0 aliphatic carbocycles. The van der Waals surface area contributed by atoms with Crippen LogP contribution in [0.25, 0.3) is 0 Å². The van der Waals surface area contributed by atoms with Gasteiger partial charge in [0.15, 0.2) is 5.82 Å². The lowest BCUT2D eigenvalue weighted by Crippen LogP contribution is -2.45.